The maximum atomic E-state index is 11.6. The van der Waals surface area contributed by atoms with Gasteiger partial charge in [-0.05, 0) is 31.0 Å². The Balaban J connectivity index is 2.35. The number of rotatable bonds is 4. The van der Waals surface area contributed by atoms with Crippen molar-refractivity contribution >= 4 is 19.7 Å². The topological polar surface area (TPSA) is 61.2 Å². The summed E-state index contributed by atoms with van der Waals surface area (Å²) in [4.78, 5) is 0.000516. The first kappa shape index (κ1) is 14.9. The molecule has 0 aliphatic carbocycles. The predicted octanol–water partition coefficient (Wildman–Crippen LogP) is 2.54. The summed E-state index contributed by atoms with van der Waals surface area (Å²) in [5.41, 5.74) is 2.40. The summed E-state index contributed by atoms with van der Waals surface area (Å²) < 4.78 is 30.6. The first-order valence-corrected chi connectivity index (χ1v) is 8.24. The molecule has 0 aliphatic heterocycles. The lowest BCUT2D eigenvalue weighted by atomic mass is 10.1. The monoisotopic (exact) mass is 314 g/mol. The van der Waals surface area contributed by atoms with E-state index in [-0.39, 0.29) is 17.3 Å². The van der Waals surface area contributed by atoms with Crippen molar-refractivity contribution in [2.45, 2.75) is 25.3 Å². The van der Waals surface area contributed by atoms with Crippen LogP contribution in [0.4, 0.5) is 0 Å². The minimum absolute atomic E-state index is 0.000516. The van der Waals surface area contributed by atoms with Crippen molar-refractivity contribution < 1.29 is 13.2 Å². The van der Waals surface area contributed by atoms with Gasteiger partial charge in [0.25, 0.3) is 9.05 Å². The largest absolute Gasteiger partial charge is 0.487 e. The molecule has 0 radical (unpaired) electrons. The van der Waals surface area contributed by atoms with Crippen LogP contribution in [0.3, 0.4) is 0 Å². The molecule has 2 rings (SSSR count). The molecule has 0 unspecified atom stereocenters. The van der Waals surface area contributed by atoms with Gasteiger partial charge in [0.15, 0.2) is 0 Å². The first-order chi connectivity index (χ1) is 9.27. The Labute approximate surface area is 122 Å². The number of halogens is 1. The van der Waals surface area contributed by atoms with E-state index in [0.717, 1.165) is 16.7 Å². The van der Waals surface area contributed by atoms with Gasteiger partial charge in [-0.2, -0.15) is 5.10 Å². The van der Waals surface area contributed by atoms with Gasteiger partial charge >= 0.3 is 0 Å². The quantitative estimate of drug-likeness (QED) is 0.814. The van der Waals surface area contributed by atoms with Crippen molar-refractivity contribution in [1.82, 2.24) is 9.78 Å². The van der Waals surface area contributed by atoms with E-state index in [1.807, 2.05) is 13.0 Å². The van der Waals surface area contributed by atoms with Crippen LogP contribution in [-0.2, 0) is 22.7 Å². The molecule has 1 aromatic carbocycles. The lowest BCUT2D eigenvalue weighted by Crippen LogP contribution is -2.03. The fraction of sp³-hybridized carbons (Fsp3) is 0.308. The Morgan fingerprint density at radius 3 is 2.60 bits per heavy atom. The number of nitrogens with zero attached hydrogens (tertiary/aromatic N) is 2. The summed E-state index contributed by atoms with van der Waals surface area (Å²) in [6, 6.07) is 3.36. The van der Waals surface area contributed by atoms with Crippen LogP contribution < -0.4 is 4.74 Å². The lowest BCUT2D eigenvalue weighted by Gasteiger charge is -2.13. The Kier molecular flexibility index (Phi) is 4.06. The van der Waals surface area contributed by atoms with E-state index in [0.29, 0.717) is 0 Å². The summed E-state index contributed by atoms with van der Waals surface area (Å²) >= 11 is 0. The fourth-order valence-corrected chi connectivity index (χ4v) is 3.10. The van der Waals surface area contributed by atoms with Gasteiger partial charge < -0.3 is 4.74 Å². The highest BCUT2D eigenvalue weighted by Crippen LogP contribution is 2.32. The van der Waals surface area contributed by atoms with Crippen LogP contribution in [0.25, 0.3) is 0 Å². The number of aryl methyl sites for hydroxylation is 3. The second kappa shape index (κ2) is 5.46. The van der Waals surface area contributed by atoms with E-state index >= 15 is 0 Å². The maximum absolute atomic E-state index is 11.6. The first-order valence-electron chi connectivity index (χ1n) is 5.93. The summed E-state index contributed by atoms with van der Waals surface area (Å²) in [6.45, 7) is 3.83. The molecule has 0 aliphatic rings. The zero-order valence-corrected chi connectivity index (χ0v) is 13.0. The molecule has 1 heterocycles. The molecule has 0 spiro atoms. The van der Waals surface area contributed by atoms with E-state index in [4.69, 9.17) is 15.4 Å². The Hall–Kier alpha value is -1.53. The van der Waals surface area contributed by atoms with E-state index in [9.17, 15) is 8.42 Å². The molecule has 2 aromatic rings. The van der Waals surface area contributed by atoms with Crippen molar-refractivity contribution in [1.29, 1.82) is 0 Å². The van der Waals surface area contributed by atoms with E-state index in [1.54, 1.807) is 31.0 Å². The molecule has 0 fully saturated rings. The maximum Gasteiger partial charge on any atom is 0.265 e. The van der Waals surface area contributed by atoms with Gasteiger partial charge in [-0.3, -0.25) is 4.68 Å². The van der Waals surface area contributed by atoms with Crippen LogP contribution in [0.5, 0.6) is 5.75 Å². The molecular formula is C13H15ClN2O3S. The Bertz CT molecular complexity index is 738. The van der Waals surface area contributed by atoms with Crippen molar-refractivity contribution in [3.8, 4) is 5.75 Å². The van der Waals surface area contributed by atoms with Crippen LogP contribution in [0.2, 0.25) is 0 Å². The molecule has 5 nitrogen and oxygen atoms in total. The Morgan fingerprint density at radius 2 is 2.05 bits per heavy atom. The zero-order valence-electron chi connectivity index (χ0n) is 11.4. The minimum atomic E-state index is -3.85. The summed E-state index contributed by atoms with van der Waals surface area (Å²) in [5, 5.41) is 4.03. The van der Waals surface area contributed by atoms with Gasteiger partial charge in [-0.25, -0.2) is 8.42 Å². The van der Waals surface area contributed by atoms with Gasteiger partial charge in [0.1, 0.15) is 17.3 Å². The number of hydrogen-bond acceptors (Lipinski definition) is 4. The average molecular weight is 315 g/mol. The molecule has 7 heteroatoms. The molecule has 0 N–H and O–H groups in total. The van der Waals surface area contributed by atoms with E-state index in [1.165, 1.54) is 6.07 Å². The minimum Gasteiger partial charge on any atom is -0.487 e. The van der Waals surface area contributed by atoms with Gasteiger partial charge in [-0.1, -0.05) is 6.07 Å². The number of benzene rings is 1. The van der Waals surface area contributed by atoms with Gasteiger partial charge in [0.2, 0.25) is 0 Å². The molecule has 0 saturated heterocycles. The fourth-order valence-electron chi connectivity index (χ4n) is 1.98. The van der Waals surface area contributed by atoms with Gasteiger partial charge in [0.05, 0.1) is 6.20 Å². The molecule has 0 saturated carbocycles. The number of ether oxygens (including phenoxy) is 1. The van der Waals surface area contributed by atoms with Crippen molar-refractivity contribution in [3.05, 3.63) is 41.2 Å². The zero-order chi connectivity index (χ0) is 14.9. The molecular weight excluding hydrogens is 300 g/mol. The normalized spacial score (nSPS) is 11.6. The number of hydrogen-bond donors (Lipinski definition) is 0. The van der Waals surface area contributed by atoms with Crippen LogP contribution in [0.15, 0.2) is 29.4 Å². The SMILES string of the molecule is Cc1cc(C)c(OCc2cnn(C)c2)c(S(=O)(=O)Cl)c1. The molecule has 0 bridgehead atoms. The summed E-state index contributed by atoms with van der Waals surface area (Å²) in [7, 11) is 3.42. The van der Waals surface area contributed by atoms with Gasteiger partial charge in [-0.15, -0.1) is 0 Å². The van der Waals surface area contributed by atoms with E-state index in [2.05, 4.69) is 5.10 Å². The van der Waals surface area contributed by atoms with Crippen LogP contribution in [-0.4, -0.2) is 18.2 Å². The second-order valence-electron chi connectivity index (χ2n) is 4.66. The van der Waals surface area contributed by atoms with Crippen molar-refractivity contribution in [2.75, 3.05) is 0 Å². The highest BCUT2D eigenvalue weighted by molar-refractivity contribution is 8.13. The van der Waals surface area contributed by atoms with E-state index < -0.39 is 9.05 Å². The van der Waals surface area contributed by atoms with Crippen LogP contribution >= 0.6 is 10.7 Å². The Morgan fingerprint density at radius 1 is 1.35 bits per heavy atom. The summed E-state index contributed by atoms with van der Waals surface area (Å²) in [6.07, 6.45) is 3.47. The lowest BCUT2D eigenvalue weighted by molar-refractivity contribution is 0.296. The second-order valence-corrected chi connectivity index (χ2v) is 7.19. The third-order valence-electron chi connectivity index (χ3n) is 2.79. The highest BCUT2D eigenvalue weighted by atomic mass is 35.7. The standard InChI is InChI=1S/C13H15ClN2O3S/c1-9-4-10(2)13(12(5-9)20(14,17)18)19-8-11-6-15-16(3)7-11/h4-7H,8H2,1-3H3. The molecule has 0 amide bonds. The molecule has 0 atom stereocenters. The van der Waals surface area contributed by atoms with Gasteiger partial charge in [0, 0.05) is 29.5 Å². The third-order valence-corrected chi connectivity index (χ3v) is 4.12. The summed E-state index contributed by atoms with van der Waals surface area (Å²) in [5.74, 6) is 0.287. The smallest absolute Gasteiger partial charge is 0.265 e. The number of aromatic nitrogens is 2. The third kappa shape index (κ3) is 3.32. The molecule has 20 heavy (non-hydrogen) atoms. The van der Waals surface area contributed by atoms with Crippen molar-refractivity contribution in [3.63, 3.8) is 0 Å². The molecule has 108 valence electrons. The molecule has 1 aromatic heterocycles. The average Bonchev–Trinajstić information content (AvgIpc) is 2.72. The predicted molar refractivity (Wildman–Crippen MR) is 76.5 cm³/mol. The van der Waals surface area contributed by atoms with Crippen molar-refractivity contribution in [2.24, 2.45) is 7.05 Å². The van der Waals surface area contributed by atoms with Crippen LogP contribution in [0, 0.1) is 13.8 Å². The van der Waals surface area contributed by atoms with Crippen LogP contribution in [0.1, 0.15) is 16.7 Å². The highest BCUT2D eigenvalue weighted by Gasteiger charge is 2.19.